The van der Waals surface area contributed by atoms with E-state index in [9.17, 15) is 24.6 Å². The van der Waals surface area contributed by atoms with Gasteiger partial charge < -0.3 is 26.6 Å². The Bertz CT molecular complexity index is 704. The Hall–Kier alpha value is -2.91. The molecule has 25 heavy (non-hydrogen) atoms. The first kappa shape index (κ1) is 18.4. The minimum absolute atomic E-state index is 0.0184. The van der Waals surface area contributed by atoms with Gasteiger partial charge in [-0.15, -0.1) is 0 Å². The summed E-state index contributed by atoms with van der Waals surface area (Å²) >= 11 is 0. The molecule has 0 saturated carbocycles. The van der Waals surface area contributed by atoms with Gasteiger partial charge in [-0.3, -0.25) is 14.9 Å². The molecule has 1 radical (unpaired) electrons. The number of hydrogen-bond acceptors (Lipinski definition) is 5. The Balaban J connectivity index is 2.05. The van der Waals surface area contributed by atoms with Gasteiger partial charge in [0.1, 0.15) is 12.1 Å². The van der Waals surface area contributed by atoms with Crippen molar-refractivity contribution < 1.29 is 24.6 Å². The van der Waals surface area contributed by atoms with E-state index >= 15 is 0 Å². The largest absolute Gasteiger partial charge is 0.480 e. The lowest BCUT2D eigenvalue weighted by atomic mass is 10.00. The third kappa shape index (κ3) is 4.55. The third-order valence-electron chi connectivity index (χ3n) is 3.67. The van der Waals surface area contributed by atoms with E-state index in [0.717, 1.165) is 11.3 Å². The van der Waals surface area contributed by atoms with Gasteiger partial charge in [0.05, 0.1) is 18.8 Å². The van der Waals surface area contributed by atoms with E-state index in [1.54, 1.807) is 12.3 Å². The Morgan fingerprint density at radius 3 is 2.52 bits per heavy atom. The fourth-order valence-electron chi connectivity index (χ4n) is 2.38. The van der Waals surface area contributed by atoms with E-state index in [2.05, 4.69) is 16.0 Å². The fourth-order valence-corrected chi connectivity index (χ4v) is 2.38. The molecule has 2 atom stereocenters. The van der Waals surface area contributed by atoms with Crippen molar-refractivity contribution in [1.29, 1.82) is 0 Å². The zero-order valence-corrected chi connectivity index (χ0v) is 13.3. The second kappa shape index (κ2) is 8.27. The topological polar surface area (TPSA) is 156 Å². The maximum Gasteiger partial charge on any atom is 0.326 e. The number of aliphatic carboxylic acids is 1. The lowest BCUT2D eigenvalue weighted by Crippen LogP contribution is -2.54. The fraction of sp³-hybridized carbons (Fsp3) is 0.312. The van der Waals surface area contributed by atoms with Crippen LogP contribution in [0.4, 0.5) is 5.69 Å². The summed E-state index contributed by atoms with van der Waals surface area (Å²) in [5.74, 6) is -2.67. The molecule has 0 fully saturated rings. The monoisotopic (exact) mass is 347 g/mol. The zero-order chi connectivity index (χ0) is 18.4. The molecule has 0 aliphatic carbocycles. The number of nitrogens with one attached hydrogen (secondary N) is 2. The van der Waals surface area contributed by atoms with Crippen LogP contribution >= 0.6 is 0 Å². The lowest BCUT2D eigenvalue weighted by molar-refractivity contribution is -0.142. The number of amides is 2. The predicted molar refractivity (Wildman–Crippen MR) is 88.5 cm³/mol. The number of aliphatic hydroxyl groups excluding tert-OH is 1. The quantitative estimate of drug-likeness (QED) is 0.392. The van der Waals surface area contributed by atoms with Crippen LogP contribution in [0.5, 0.6) is 0 Å². The van der Waals surface area contributed by atoms with E-state index in [1.165, 1.54) is 0 Å². The molecule has 0 spiro atoms. The summed E-state index contributed by atoms with van der Waals surface area (Å²) in [6, 6.07) is 4.75. The number of fused-ring (bicyclic) bond motifs is 1. The van der Waals surface area contributed by atoms with Gasteiger partial charge in [0.25, 0.3) is 0 Å². The molecular weight excluding hydrogens is 328 g/mol. The Kier molecular flexibility index (Phi) is 6.09. The number of carboxylic acid groups (broad SMARTS) is 1. The summed E-state index contributed by atoms with van der Waals surface area (Å²) < 4.78 is 0. The predicted octanol–water partition coefficient (Wildman–Crippen LogP) is -1.33. The molecule has 9 nitrogen and oxygen atoms in total. The smallest absolute Gasteiger partial charge is 0.326 e. The molecule has 1 heterocycles. The SMILES string of the molecule is NCC(=O)N[C@@H](CO)C(=O)N[C@@H](CC1=C[N]c2ccccc21)C(=O)O. The molecule has 1 aliphatic rings. The first-order chi connectivity index (χ1) is 12.0. The third-order valence-corrected chi connectivity index (χ3v) is 3.67. The number of benzene rings is 1. The first-order valence-corrected chi connectivity index (χ1v) is 7.59. The zero-order valence-electron chi connectivity index (χ0n) is 13.3. The van der Waals surface area contributed by atoms with E-state index in [1.807, 2.05) is 18.2 Å². The number of hydrogen-bond donors (Lipinski definition) is 5. The number of carboxylic acids is 1. The number of carbonyl (C=O) groups excluding carboxylic acids is 2. The van der Waals surface area contributed by atoms with Crippen molar-refractivity contribution >= 4 is 29.0 Å². The van der Waals surface area contributed by atoms with E-state index in [-0.39, 0.29) is 13.0 Å². The van der Waals surface area contributed by atoms with E-state index in [4.69, 9.17) is 5.73 Å². The Labute approximate surface area is 143 Å². The standard InChI is InChI=1S/C16H19N4O5/c17-6-14(22)19-13(8-21)15(23)20-12(16(24)25)5-9-7-18-11-4-2-1-3-10(9)11/h1-4,7,12-13,21H,5-6,8,17H2,(H,19,22)(H,20,23)(H,24,25)/t12-,13-/m0/s1. The molecular formula is C16H19N4O5. The molecule has 133 valence electrons. The minimum atomic E-state index is -1.27. The van der Waals surface area contributed by atoms with Crippen molar-refractivity contribution in [3.63, 3.8) is 0 Å². The molecule has 9 heteroatoms. The molecule has 0 aromatic heterocycles. The molecule has 2 rings (SSSR count). The molecule has 0 bridgehead atoms. The summed E-state index contributed by atoms with van der Waals surface area (Å²) in [6.45, 7) is -1.03. The summed E-state index contributed by atoms with van der Waals surface area (Å²) in [6.07, 6.45) is 1.58. The molecule has 1 aromatic rings. The summed E-state index contributed by atoms with van der Waals surface area (Å²) in [5, 5.41) is 27.3. The Morgan fingerprint density at radius 1 is 1.16 bits per heavy atom. The number of nitrogens with zero attached hydrogens (tertiary/aromatic N) is 1. The van der Waals surface area contributed by atoms with Crippen molar-refractivity contribution in [2.45, 2.75) is 18.5 Å². The van der Waals surface area contributed by atoms with Crippen LogP contribution in [-0.2, 0) is 14.4 Å². The highest BCUT2D eigenvalue weighted by molar-refractivity contribution is 5.92. The molecule has 0 unspecified atom stereocenters. The molecule has 1 aliphatic heterocycles. The van der Waals surface area contributed by atoms with Gasteiger partial charge in [-0.1, -0.05) is 18.2 Å². The van der Waals surface area contributed by atoms with Gasteiger partial charge in [-0.05, 0) is 11.6 Å². The maximum absolute atomic E-state index is 12.1. The summed E-state index contributed by atoms with van der Waals surface area (Å²) in [7, 11) is 0. The first-order valence-electron chi connectivity index (χ1n) is 7.59. The highest BCUT2D eigenvalue weighted by Gasteiger charge is 2.28. The van der Waals surface area contributed by atoms with Gasteiger partial charge in [-0.25, -0.2) is 4.79 Å². The molecule has 0 saturated heterocycles. The van der Waals surface area contributed by atoms with Crippen LogP contribution in [0.2, 0.25) is 0 Å². The molecule has 6 N–H and O–H groups in total. The van der Waals surface area contributed by atoms with Crippen LogP contribution < -0.4 is 21.7 Å². The number of para-hydroxylation sites is 1. The van der Waals surface area contributed by atoms with Crippen molar-refractivity contribution in [3.05, 3.63) is 36.0 Å². The summed E-state index contributed by atoms with van der Waals surface area (Å²) in [5.41, 5.74) is 7.35. The highest BCUT2D eigenvalue weighted by Crippen LogP contribution is 2.32. The highest BCUT2D eigenvalue weighted by atomic mass is 16.4. The average Bonchev–Trinajstić information content (AvgIpc) is 3.01. The van der Waals surface area contributed by atoms with Gasteiger partial charge in [-0.2, -0.15) is 0 Å². The van der Waals surface area contributed by atoms with Gasteiger partial charge in [0.15, 0.2) is 0 Å². The number of carbonyl (C=O) groups is 3. The van der Waals surface area contributed by atoms with E-state index < -0.39 is 36.5 Å². The second-order valence-electron chi connectivity index (χ2n) is 5.41. The van der Waals surface area contributed by atoms with Crippen LogP contribution in [0.25, 0.3) is 5.57 Å². The van der Waals surface area contributed by atoms with Crippen LogP contribution in [0.15, 0.2) is 30.5 Å². The van der Waals surface area contributed by atoms with Gasteiger partial charge >= 0.3 is 5.97 Å². The molecule has 1 aromatic carbocycles. The van der Waals surface area contributed by atoms with Gasteiger partial charge in [0, 0.05) is 18.2 Å². The normalized spacial score (nSPS) is 14.6. The second-order valence-corrected chi connectivity index (χ2v) is 5.41. The number of nitrogens with two attached hydrogens (primary N) is 1. The molecule has 2 amide bonds. The Morgan fingerprint density at radius 2 is 1.88 bits per heavy atom. The van der Waals surface area contributed by atoms with Crippen LogP contribution in [0, 0.1) is 0 Å². The number of aliphatic hydroxyl groups is 1. The van der Waals surface area contributed by atoms with Crippen molar-refractivity contribution in [1.82, 2.24) is 16.0 Å². The van der Waals surface area contributed by atoms with Gasteiger partial charge in [0.2, 0.25) is 11.8 Å². The van der Waals surface area contributed by atoms with Crippen LogP contribution in [0.3, 0.4) is 0 Å². The average molecular weight is 347 g/mol. The number of rotatable bonds is 8. The van der Waals surface area contributed by atoms with Crippen LogP contribution in [-0.4, -0.2) is 53.2 Å². The van der Waals surface area contributed by atoms with Crippen LogP contribution in [0.1, 0.15) is 12.0 Å². The van der Waals surface area contributed by atoms with E-state index in [0.29, 0.717) is 5.57 Å². The minimum Gasteiger partial charge on any atom is -0.480 e. The van der Waals surface area contributed by atoms with Crippen molar-refractivity contribution in [2.75, 3.05) is 13.2 Å². The van der Waals surface area contributed by atoms with Crippen molar-refractivity contribution in [3.8, 4) is 0 Å². The maximum atomic E-state index is 12.1. The summed E-state index contributed by atoms with van der Waals surface area (Å²) in [4.78, 5) is 34.9. The lowest BCUT2D eigenvalue weighted by Gasteiger charge is -2.20. The van der Waals surface area contributed by atoms with Crippen molar-refractivity contribution in [2.24, 2.45) is 5.73 Å².